The van der Waals surface area contributed by atoms with Crippen molar-refractivity contribution in [1.29, 1.82) is 0 Å². The van der Waals surface area contributed by atoms with Gasteiger partial charge < -0.3 is 5.73 Å². The summed E-state index contributed by atoms with van der Waals surface area (Å²) in [6.45, 7) is 6.06. The van der Waals surface area contributed by atoms with E-state index in [2.05, 4.69) is 15.9 Å². The van der Waals surface area contributed by atoms with Crippen molar-refractivity contribution >= 4 is 31.5 Å². The zero-order valence-corrected chi connectivity index (χ0v) is 12.7. The first-order valence-electron chi connectivity index (χ1n) is 5.40. The Kier molecular flexibility index (Phi) is 4.25. The number of nitrogen functional groups attached to an aromatic ring is 1. The lowest BCUT2D eigenvalue weighted by Crippen LogP contribution is -2.16. The Morgan fingerprint density at radius 1 is 1.29 bits per heavy atom. The summed E-state index contributed by atoms with van der Waals surface area (Å²) in [7, 11) is -3.29. The number of rotatable bonds is 3. The minimum Gasteiger partial charge on any atom is -0.398 e. The number of hydrogen-bond acceptors (Lipinski definition) is 3. The molecule has 0 aliphatic carbocycles. The van der Waals surface area contributed by atoms with Gasteiger partial charge in [-0.25, -0.2) is 8.42 Å². The van der Waals surface area contributed by atoms with Gasteiger partial charge in [-0.1, -0.05) is 36.7 Å². The Morgan fingerprint density at radius 3 is 2.35 bits per heavy atom. The summed E-state index contributed by atoms with van der Waals surface area (Å²) in [5, 5.41) is 0. The van der Waals surface area contributed by atoms with Gasteiger partial charge in [0.25, 0.3) is 0 Å². The van der Waals surface area contributed by atoms with Gasteiger partial charge >= 0.3 is 0 Å². The van der Waals surface area contributed by atoms with Crippen molar-refractivity contribution in [3.8, 4) is 0 Å². The molecule has 0 aliphatic heterocycles. The van der Waals surface area contributed by atoms with Crippen molar-refractivity contribution in [1.82, 2.24) is 0 Å². The Bertz CT molecular complexity index is 504. The van der Waals surface area contributed by atoms with Gasteiger partial charge in [-0.3, -0.25) is 0 Å². The summed E-state index contributed by atoms with van der Waals surface area (Å²) in [5.74, 6) is 0.127. The van der Waals surface area contributed by atoms with Crippen LogP contribution in [0.4, 0.5) is 5.69 Å². The number of anilines is 1. The maximum absolute atomic E-state index is 12.1. The van der Waals surface area contributed by atoms with Crippen molar-refractivity contribution in [2.75, 3.05) is 11.5 Å². The molecule has 96 valence electrons. The Labute approximate surface area is 111 Å². The summed E-state index contributed by atoms with van der Waals surface area (Å²) in [6.07, 6.45) is 0.616. The molecule has 0 amide bonds. The summed E-state index contributed by atoms with van der Waals surface area (Å²) in [4.78, 5) is 0.227. The maximum atomic E-state index is 12.1. The van der Waals surface area contributed by atoms with Gasteiger partial charge in [-0.2, -0.15) is 0 Å². The quantitative estimate of drug-likeness (QED) is 0.870. The Balaban J connectivity index is 2.98. The van der Waals surface area contributed by atoms with E-state index < -0.39 is 9.84 Å². The molecule has 0 fully saturated rings. The van der Waals surface area contributed by atoms with E-state index in [-0.39, 0.29) is 16.1 Å². The van der Waals surface area contributed by atoms with Crippen LogP contribution in [-0.2, 0) is 9.84 Å². The minimum atomic E-state index is -3.29. The van der Waals surface area contributed by atoms with Crippen molar-refractivity contribution in [2.45, 2.75) is 32.1 Å². The van der Waals surface area contributed by atoms with Crippen LogP contribution in [0, 0.1) is 5.41 Å². The molecule has 1 aromatic rings. The third-order valence-corrected chi connectivity index (χ3v) is 4.70. The summed E-state index contributed by atoms with van der Waals surface area (Å²) in [5.41, 5.74) is 6.03. The number of nitrogens with two attached hydrogens (primary N) is 1. The maximum Gasteiger partial charge on any atom is 0.180 e. The average Bonchev–Trinajstić information content (AvgIpc) is 2.13. The van der Waals surface area contributed by atoms with Crippen LogP contribution < -0.4 is 5.73 Å². The van der Waals surface area contributed by atoms with E-state index in [9.17, 15) is 8.42 Å². The molecule has 1 aromatic carbocycles. The second-order valence-electron chi connectivity index (χ2n) is 5.31. The highest BCUT2D eigenvalue weighted by atomic mass is 79.9. The Morgan fingerprint density at radius 2 is 1.88 bits per heavy atom. The van der Waals surface area contributed by atoms with E-state index in [0.29, 0.717) is 12.1 Å². The number of hydrogen-bond donors (Lipinski definition) is 1. The van der Waals surface area contributed by atoms with E-state index >= 15 is 0 Å². The highest BCUT2D eigenvalue weighted by molar-refractivity contribution is 9.10. The van der Waals surface area contributed by atoms with Crippen molar-refractivity contribution in [3.63, 3.8) is 0 Å². The fraction of sp³-hybridized carbons (Fsp3) is 0.500. The van der Waals surface area contributed by atoms with E-state index in [1.54, 1.807) is 18.2 Å². The molecule has 0 spiro atoms. The lowest BCUT2D eigenvalue weighted by atomic mass is 9.94. The molecule has 3 nitrogen and oxygen atoms in total. The molecular weight excluding hydrogens is 302 g/mol. The highest BCUT2D eigenvalue weighted by Crippen LogP contribution is 2.27. The third kappa shape index (κ3) is 4.32. The number of benzene rings is 1. The highest BCUT2D eigenvalue weighted by Gasteiger charge is 2.21. The monoisotopic (exact) mass is 319 g/mol. The molecule has 5 heteroatoms. The SMILES string of the molecule is CC(C)(C)CCS(=O)(=O)c1ccc(Br)cc1N. The minimum absolute atomic E-state index is 0.00278. The molecule has 0 aliphatic rings. The zero-order valence-electron chi connectivity index (χ0n) is 10.3. The smallest absolute Gasteiger partial charge is 0.180 e. The fourth-order valence-electron chi connectivity index (χ4n) is 1.35. The van der Waals surface area contributed by atoms with E-state index in [0.717, 1.165) is 4.47 Å². The van der Waals surface area contributed by atoms with Crippen LogP contribution in [0.3, 0.4) is 0 Å². The van der Waals surface area contributed by atoms with Gasteiger partial charge in [-0.15, -0.1) is 0 Å². The predicted octanol–water partition coefficient (Wildman–Crippen LogP) is 3.24. The molecule has 0 unspecified atom stereocenters. The molecule has 2 N–H and O–H groups in total. The van der Waals surface area contributed by atoms with E-state index in [1.165, 1.54) is 0 Å². The predicted molar refractivity (Wildman–Crippen MR) is 74.7 cm³/mol. The molecule has 0 aromatic heterocycles. The lowest BCUT2D eigenvalue weighted by Gasteiger charge is -2.18. The molecule has 0 heterocycles. The lowest BCUT2D eigenvalue weighted by molar-refractivity contribution is 0.397. The van der Waals surface area contributed by atoms with E-state index in [1.807, 2.05) is 20.8 Å². The molecule has 1 rings (SSSR count). The molecule has 0 atom stereocenters. The molecule has 0 radical (unpaired) electrons. The van der Waals surface area contributed by atoms with Gasteiger partial charge in [-0.05, 0) is 30.0 Å². The Hall–Kier alpha value is -0.550. The van der Waals surface area contributed by atoms with Crippen LogP contribution in [0.2, 0.25) is 0 Å². The van der Waals surface area contributed by atoms with Crippen molar-refractivity contribution in [3.05, 3.63) is 22.7 Å². The second kappa shape index (κ2) is 4.98. The first-order chi connectivity index (χ1) is 7.62. The molecule has 0 saturated carbocycles. The number of sulfone groups is 1. The standard InChI is InChI=1S/C12H18BrNO2S/c1-12(2,3)6-7-17(15,16)11-5-4-9(13)8-10(11)14/h4-5,8H,6-7,14H2,1-3H3. The fourth-order valence-corrected chi connectivity index (χ4v) is 3.53. The third-order valence-electron chi connectivity index (χ3n) is 2.43. The van der Waals surface area contributed by atoms with Crippen molar-refractivity contribution in [2.24, 2.45) is 5.41 Å². The largest absolute Gasteiger partial charge is 0.398 e. The van der Waals surface area contributed by atoms with Crippen LogP contribution >= 0.6 is 15.9 Å². The number of halogens is 1. The van der Waals surface area contributed by atoms with Crippen LogP contribution in [-0.4, -0.2) is 14.2 Å². The molecule has 0 bridgehead atoms. The molecule has 0 saturated heterocycles. The summed E-state index contributed by atoms with van der Waals surface area (Å²) >= 11 is 3.26. The van der Waals surface area contributed by atoms with Crippen LogP contribution in [0.1, 0.15) is 27.2 Å². The molecule has 17 heavy (non-hydrogen) atoms. The van der Waals surface area contributed by atoms with Crippen LogP contribution in [0.15, 0.2) is 27.6 Å². The summed E-state index contributed by atoms with van der Waals surface area (Å²) < 4.78 is 25.0. The van der Waals surface area contributed by atoms with Gasteiger partial charge in [0.15, 0.2) is 9.84 Å². The first kappa shape index (κ1) is 14.5. The van der Waals surface area contributed by atoms with Gasteiger partial charge in [0.2, 0.25) is 0 Å². The second-order valence-corrected chi connectivity index (χ2v) is 8.30. The molecular formula is C12H18BrNO2S. The van der Waals surface area contributed by atoms with Crippen LogP contribution in [0.5, 0.6) is 0 Å². The topological polar surface area (TPSA) is 60.2 Å². The van der Waals surface area contributed by atoms with Gasteiger partial charge in [0.05, 0.1) is 16.3 Å². The van der Waals surface area contributed by atoms with E-state index in [4.69, 9.17) is 5.73 Å². The van der Waals surface area contributed by atoms with Gasteiger partial charge in [0.1, 0.15) is 0 Å². The average molecular weight is 320 g/mol. The van der Waals surface area contributed by atoms with Gasteiger partial charge in [0, 0.05) is 4.47 Å². The normalized spacial score (nSPS) is 12.7. The summed E-state index contributed by atoms with van der Waals surface area (Å²) in [6, 6.07) is 4.86. The van der Waals surface area contributed by atoms with Crippen molar-refractivity contribution < 1.29 is 8.42 Å². The van der Waals surface area contributed by atoms with Crippen LogP contribution in [0.25, 0.3) is 0 Å². The zero-order chi connectivity index (χ0) is 13.3. The first-order valence-corrected chi connectivity index (χ1v) is 7.84.